The van der Waals surface area contributed by atoms with Crippen molar-refractivity contribution in [3.05, 3.63) is 65.2 Å². The summed E-state index contributed by atoms with van der Waals surface area (Å²) in [5, 5.41) is 0. The molecular formula is C14H11F4NO. The van der Waals surface area contributed by atoms with Crippen molar-refractivity contribution in [1.82, 2.24) is 0 Å². The highest BCUT2D eigenvalue weighted by Crippen LogP contribution is 2.21. The van der Waals surface area contributed by atoms with Gasteiger partial charge in [-0.2, -0.15) is 4.39 Å². The zero-order chi connectivity index (χ0) is 14.7. The Morgan fingerprint density at radius 2 is 1.70 bits per heavy atom. The van der Waals surface area contributed by atoms with Crippen LogP contribution in [0.5, 0.6) is 5.75 Å². The summed E-state index contributed by atoms with van der Waals surface area (Å²) in [5.41, 5.74) is 6.01. The molecule has 2 N–H and O–H groups in total. The first-order chi connectivity index (χ1) is 9.49. The molecule has 2 aromatic carbocycles. The highest BCUT2D eigenvalue weighted by atomic mass is 19.2. The Labute approximate surface area is 112 Å². The van der Waals surface area contributed by atoms with Crippen molar-refractivity contribution in [1.29, 1.82) is 0 Å². The van der Waals surface area contributed by atoms with E-state index < -0.39 is 29.3 Å². The fourth-order valence-electron chi connectivity index (χ4n) is 1.61. The lowest BCUT2D eigenvalue weighted by molar-refractivity contribution is 0.272. The summed E-state index contributed by atoms with van der Waals surface area (Å²) in [6.45, 7) is -0.203. The quantitative estimate of drug-likeness (QED) is 0.875. The van der Waals surface area contributed by atoms with Crippen molar-refractivity contribution in [2.45, 2.75) is 6.04 Å². The van der Waals surface area contributed by atoms with Crippen molar-refractivity contribution in [3.63, 3.8) is 0 Å². The van der Waals surface area contributed by atoms with Crippen LogP contribution in [0.4, 0.5) is 17.6 Å². The van der Waals surface area contributed by atoms with Crippen molar-refractivity contribution >= 4 is 0 Å². The molecule has 0 radical (unpaired) electrons. The number of nitrogens with two attached hydrogens (primary N) is 1. The Morgan fingerprint density at radius 1 is 0.950 bits per heavy atom. The number of hydrogen-bond acceptors (Lipinski definition) is 2. The van der Waals surface area contributed by atoms with Crippen LogP contribution in [0, 0.1) is 23.3 Å². The Balaban J connectivity index is 2.06. The van der Waals surface area contributed by atoms with Gasteiger partial charge in [0.05, 0.1) is 6.04 Å². The first-order valence-electron chi connectivity index (χ1n) is 5.76. The molecule has 0 saturated heterocycles. The van der Waals surface area contributed by atoms with Crippen LogP contribution in [-0.4, -0.2) is 6.61 Å². The fraction of sp³-hybridized carbons (Fsp3) is 0.143. The van der Waals surface area contributed by atoms with Crippen LogP contribution in [0.25, 0.3) is 0 Å². The number of benzene rings is 2. The standard InChI is InChI=1S/C14H11F4NO/c15-9-5-4-8(6-11(9)17)12(19)7-20-13-3-1-2-10(16)14(13)18/h1-6,12H,7,19H2. The lowest BCUT2D eigenvalue weighted by atomic mass is 10.1. The molecule has 2 nitrogen and oxygen atoms in total. The average Bonchev–Trinajstić information content (AvgIpc) is 2.43. The van der Waals surface area contributed by atoms with Crippen LogP contribution in [0.2, 0.25) is 0 Å². The minimum absolute atomic E-state index is 0.203. The molecule has 0 aliphatic rings. The van der Waals surface area contributed by atoms with Gasteiger partial charge in [0.2, 0.25) is 5.82 Å². The lowest BCUT2D eigenvalue weighted by Crippen LogP contribution is -2.19. The maximum Gasteiger partial charge on any atom is 0.200 e. The van der Waals surface area contributed by atoms with Gasteiger partial charge in [0.1, 0.15) is 6.61 Å². The van der Waals surface area contributed by atoms with Crippen LogP contribution in [0.15, 0.2) is 36.4 Å². The summed E-state index contributed by atoms with van der Waals surface area (Å²) in [4.78, 5) is 0. The van der Waals surface area contributed by atoms with Crippen molar-refractivity contribution in [3.8, 4) is 5.75 Å². The molecule has 0 heterocycles. The highest BCUT2D eigenvalue weighted by Gasteiger charge is 2.13. The summed E-state index contributed by atoms with van der Waals surface area (Å²) in [5.74, 6) is -4.47. The Morgan fingerprint density at radius 3 is 2.40 bits per heavy atom. The first-order valence-corrected chi connectivity index (χ1v) is 5.76. The largest absolute Gasteiger partial charge is 0.488 e. The molecule has 6 heteroatoms. The highest BCUT2D eigenvalue weighted by molar-refractivity contribution is 5.26. The molecule has 0 fully saturated rings. The second-order valence-electron chi connectivity index (χ2n) is 4.14. The normalized spacial score (nSPS) is 12.2. The van der Waals surface area contributed by atoms with Crippen molar-refractivity contribution in [2.24, 2.45) is 5.73 Å². The van der Waals surface area contributed by atoms with Gasteiger partial charge < -0.3 is 10.5 Å². The predicted molar refractivity (Wildman–Crippen MR) is 65.1 cm³/mol. The van der Waals surface area contributed by atoms with Crippen molar-refractivity contribution in [2.75, 3.05) is 6.61 Å². The molecule has 2 rings (SSSR count). The van der Waals surface area contributed by atoms with Crippen LogP contribution >= 0.6 is 0 Å². The van der Waals surface area contributed by atoms with Gasteiger partial charge in [0.15, 0.2) is 23.2 Å². The predicted octanol–water partition coefficient (Wildman–Crippen LogP) is 3.32. The lowest BCUT2D eigenvalue weighted by Gasteiger charge is -2.14. The van der Waals surface area contributed by atoms with E-state index in [1.807, 2.05) is 0 Å². The average molecular weight is 285 g/mol. The van der Waals surface area contributed by atoms with E-state index >= 15 is 0 Å². The van der Waals surface area contributed by atoms with Crippen LogP contribution < -0.4 is 10.5 Å². The molecule has 20 heavy (non-hydrogen) atoms. The van der Waals surface area contributed by atoms with E-state index in [0.717, 1.165) is 18.2 Å². The third-order valence-electron chi connectivity index (χ3n) is 2.71. The van der Waals surface area contributed by atoms with Gasteiger partial charge >= 0.3 is 0 Å². The molecule has 0 bridgehead atoms. The van der Waals surface area contributed by atoms with Gasteiger partial charge in [-0.05, 0) is 29.8 Å². The molecule has 2 aromatic rings. The molecule has 1 unspecified atom stereocenters. The smallest absolute Gasteiger partial charge is 0.200 e. The monoisotopic (exact) mass is 285 g/mol. The van der Waals surface area contributed by atoms with E-state index in [1.54, 1.807) is 0 Å². The number of halogens is 4. The number of hydrogen-bond donors (Lipinski definition) is 1. The van der Waals surface area contributed by atoms with Gasteiger partial charge in [-0.25, -0.2) is 13.2 Å². The van der Waals surface area contributed by atoms with Crippen LogP contribution in [0.3, 0.4) is 0 Å². The van der Waals surface area contributed by atoms with Crippen LogP contribution in [-0.2, 0) is 0 Å². The molecule has 0 aliphatic carbocycles. The van der Waals surface area contributed by atoms with Crippen LogP contribution in [0.1, 0.15) is 11.6 Å². The molecular weight excluding hydrogens is 274 g/mol. The zero-order valence-corrected chi connectivity index (χ0v) is 10.2. The van der Waals surface area contributed by atoms with Gasteiger partial charge in [0.25, 0.3) is 0 Å². The molecule has 0 aliphatic heterocycles. The van der Waals surface area contributed by atoms with E-state index in [1.165, 1.54) is 18.2 Å². The Hall–Kier alpha value is -2.08. The summed E-state index contributed by atoms with van der Waals surface area (Å²) < 4.78 is 57.1. The van der Waals surface area contributed by atoms with E-state index in [2.05, 4.69) is 0 Å². The minimum atomic E-state index is -1.12. The number of rotatable bonds is 4. The third kappa shape index (κ3) is 3.08. The molecule has 0 saturated carbocycles. The Kier molecular flexibility index (Phi) is 4.24. The van der Waals surface area contributed by atoms with E-state index in [9.17, 15) is 17.6 Å². The molecule has 0 aromatic heterocycles. The van der Waals surface area contributed by atoms with Gasteiger partial charge in [0, 0.05) is 0 Å². The molecule has 0 amide bonds. The van der Waals surface area contributed by atoms with E-state index in [-0.39, 0.29) is 12.4 Å². The summed E-state index contributed by atoms with van der Waals surface area (Å²) in [6.07, 6.45) is 0. The SMILES string of the molecule is NC(COc1cccc(F)c1F)c1ccc(F)c(F)c1. The topological polar surface area (TPSA) is 35.2 Å². The fourth-order valence-corrected chi connectivity index (χ4v) is 1.61. The summed E-state index contributed by atoms with van der Waals surface area (Å²) in [7, 11) is 0. The van der Waals surface area contributed by atoms with Gasteiger partial charge in [-0.15, -0.1) is 0 Å². The minimum Gasteiger partial charge on any atom is -0.488 e. The van der Waals surface area contributed by atoms with Crippen molar-refractivity contribution < 1.29 is 22.3 Å². The maximum absolute atomic E-state index is 13.3. The Bertz CT molecular complexity index is 618. The van der Waals surface area contributed by atoms with E-state index in [0.29, 0.717) is 5.56 Å². The summed E-state index contributed by atoms with van der Waals surface area (Å²) in [6, 6.07) is 5.87. The van der Waals surface area contributed by atoms with Gasteiger partial charge in [-0.3, -0.25) is 0 Å². The first kappa shape index (κ1) is 14.3. The second-order valence-corrected chi connectivity index (χ2v) is 4.14. The third-order valence-corrected chi connectivity index (χ3v) is 2.71. The summed E-state index contributed by atoms with van der Waals surface area (Å²) >= 11 is 0. The molecule has 0 spiro atoms. The molecule has 106 valence electrons. The number of ether oxygens (including phenoxy) is 1. The van der Waals surface area contributed by atoms with Gasteiger partial charge in [-0.1, -0.05) is 12.1 Å². The zero-order valence-electron chi connectivity index (χ0n) is 10.2. The maximum atomic E-state index is 13.3. The second kappa shape index (κ2) is 5.92. The molecule has 1 atom stereocenters. The van der Waals surface area contributed by atoms with E-state index in [4.69, 9.17) is 10.5 Å².